The number of aliphatic hydroxyl groups is 1. The van der Waals surface area contributed by atoms with E-state index in [0.717, 1.165) is 24.9 Å². The van der Waals surface area contributed by atoms with Crippen molar-refractivity contribution in [1.29, 1.82) is 0 Å². The number of unbranched alkanes of at least 4 members (excludes halogenated alkanes) is 1. The van der Waals surface area contributed by atoms with Gasteiger partial charge in [0.1, 0.15) is 5.75 Å². The van der Waals surface area contributed by atoms with Crippen LogP contribution in [0.1, 0.15) is 32.6 Å². The molecule has 2 aliphatic heterocycles. The first-order chi connectivity index (χ1) is 13.4. The summed E-state index contributed by atoms with van der Waals surface area (Å²) in [6, 6.07) is 7.41. The molecule has 0 aliphatic carbocycles. The second-order valence-electron chi connectivity index (χ2n) is 7.31. The third-order valence-corrected chi connectivity index (χ3v) is 5.18. The van der Waals surface area contributed by atoms with E-state index in [1.54, 1.807) is 4.90 Å². The molecule has 2 aliphatic rings. The van der Waals surface area contributed by atoms with Crippen LogP contribution >= 0.6 is 0 Å². The number of nitrogens with zero attached hydrogens (tertiary/aromatic N) is 1. The molecular formula is C20H27NO7. The van der Waals surface area contributed by atoms with Gasteiger partial charge in [0.2, 0.25) is 0 Å². The molecule has 28 heavy (non-hydrogen) atoms. The van der Waals surface area contributed by atoms with Gasteiger partial charge in [-0.3, -0.25) is 4.79 Å². The molecule has 8 heteroatoms. The minimum absolute atomic E-state index is 0.108. The van der Waals surface area contributed by atoms with Gasteiger partial charge in [0.25, 0.3) is 11.7 Å². The van der Waals surface area contributed by atoms with Crippen LogP contribution in [0.5, 0.6) is 5.75 Å². The van der Waals surface area contributed by atoms with Gasteiger partial charge in [0.15, 0.2) is 6.10 Å². The molecule has 0 saturated carbocycles. The number of carboxylic acids is 1. The largest absolute Gasteiger partial charge is 0.478 e. The number of carbonyl (C=O) groups excluding carboxylic acids is 1. The highest BCUT2D eigenvalue weighted by Crippen LogP contribution is 2.34. The Morgan fingerprint density at radius 2 is 1.93 bits per heavy atom. The molecule has 1 aromatic carbocycles. The highest BCUT2D eigenvalue weighted by molar-refractivity contribution is 6.00. The summed E-state index contributed by atoms with van der Waals surface area (Å²) >= 11 is 0. The minimum Gasteiger partial charge on any atom is -0.478 e. The lowest BCUT2D eigenvalue weighted by molar-refractivity contribution is -0.271. The molecule has 1 amide bonds. The van der Waals surface area contributed by atoms with Crippen molar-refractivity contribution in [2.75, 3.05) is 31.3 Å². The lowest BCUT2D eigenvalue weighted by atomic mass is 10.0. The Balaban J connectivity index is 1.50. The van der Waals surface area contributed by atoms with Gasteiger partial charge in [-0.05, 0) is 25.0 Å². The van der Waals surface area contributed by atoms with Crippen molar-refractivity contribution >= 4 is 17.6 Å². The van der Waals surface area contributed by atoms with E-state index in [-0.39, 0.29) is 24.9 Å². The van der Waals surface area contributed by atoms with E-state index in [9.17, 15) is 14.7 Å². The molecule has 1 atom stereocenters. The smallest absolute Gasteiger partial charge is 0.364 e. The Morgan fingerprint density at radius 3 is 2.61 bits per heavy atom. The van der Waals surface area contributed by atoms with Crippen molar-refractivity contribution in [2.24, 2.45) is 5.92 Å². The second-order valence-corrected chi connectivity index (χ2v) is 7.31. The van der Waals surface area contributed by atoms with E-state index < -0.39 is 17.9 Å². The summed E-state index contributed by atoms with van der Waals surface area (Å²) in [5.74, 6) is -2.01. The maximum Gasteiger partial charge on any atom is 0.364 e. The number of ether oxygens (including phenoxy) is 3. The van der Waals surface area contributed by atoms with Gasteiger partial charge < -0.3 is 29.3 Å². The van der Waals surface area contributed by atoms with E-state index in [1.165, 1.54) is 6.92 Å². The van der Waals surface area contributed by atoms with Gasteiger partial charge in [0, 0.05) is 32.4 Å². The van der Waals surface area contributed by atoms with E-state index in [4.69, 9.17) is 19.3 Å². The first-order valence-corrected chi connectivity index (χ1v) is 9.64. The quantitative estimate of drug-likeness (QED) is 0.649. The Hall–Kier alpha value is -2.16. The standard InChI is InChI=1S/C20H27NO7/c1-20(19(24)25)26-12-14(13-27-20)6-4-5-10-21-15-7-2-3-8-16(15)28-17(9-11-22)18(21)23/h2-3,7-8,14,17,22H,4-6,9-13H2,1H3,(H,24,25). The lowest BCUT2D eigenvalue weighted by Gasteiger charge is -2.35. The van der Waals surface area contributed by atoms with Crippen molar-refractivity contribution in [3.63, 3.8) is 0 Å². The Kier molecular flexibility index (Phi) is 6.53. The van der Waals surface area contributed by atoms with E-state index >= 15 is 0 Å². The van der Waals surface area contributed by atoms with Crippen LogP contribution in [0.4, 0.5) is 5.69 Å². The van der Waals surface area contributed by atoms with E-state index in [2.05, 4.69) is 0 Å². The van der Waals surface area contributed by atoms with Crippen molar-refractivity contribution in [2.45, 2.75) is 44.5 Å². The molecule has 1 saturated heterocycles. The molecule has 2 heterocycles. The summed E-state index contributed by atoms with van der Waals surface area (Å²) in [7, 11) is 0. The molecule has 154 valence electrons. The fraction of sp³-hybridized carbons (Fsp3) is 0.600. The van der Waals surface area contributed by atoms with Crippen molar-refractivity contribution in [3.8, 4) is 5.75 Å². The topological polar surface area (TPSA) is 106 Å². The van der Waals surface area contributed by atoms with Gasteiger partial charge in [-0.2, -0.15) is 0 Å². The molecule has 0 bridgehead atoms. The summed E-state index contributed by atoms with van der Waals surface area (Å²) < 4.78 is 16.5. The van der Waals surface area contributed by atoms with Gasteiger partial charge in [-0.1, -0.05) is 18.6 Å². The first-order valence-electron chi connectivity index (χ1n) is 9.64. The fourth-order valence-corrected chi connectivity index (χ4v) is 3.44. The zero-order valence-electron chi connectivity index (χ0n) is 16.0. The van der Waals surface area contributed by atoms with Gasteiger partial charge >= 0.3 is 5.97 Å². The van der Waals surface area contributed by atoms with Crippen LogP contribution in [0.3, 0.4) is 0 Å². The highest BCUT2D eigenvalue weighted by atomic mass is 16.7. The number of amides is 1. The number of fused-ring (bicyclic) bond motifs is 1. The van der Waals surface area contributed by atoms with Crippen molar-refractivity contribution < 1.29 is 34.0 Å². The van der Waals surface area contributed by atoms with Crippen molar-refractivity contribution in [1.82, 2.24) is 0 Å². The molecule has 1 aromatic rings. The molecule has 3 rings (SSSR count). The van der Waals surface area contributed by atoms with Crippen LogP contribution in [0.15, 0.2) is 24.3 Å². The van der Waals surface area contributed by atoms with E-state index in [0.29, 0.717) is 25.5 Å². The number of aliphatic hydroxyl groups excluding tert-OH is 1. The average Bonchev–Trinajstić information content (AvgIpc) is 2.69. The number of hydrogen-bond acceptors (Lipinski definition) is 6. The normalized spacial score (nSPS) is 27.2. The number of aliphatic carboxylic acids is 1. The molecule has 1 fully saturated rings. The molecule has 2 N–H and O–H groups in total. The number of carboxylic acid groups (broad SMARTS) is 1. The molecule has 0 aromatic heterocycles. The van der Waals surface area contributed by atoms with E-state index in [1.807, 2.05) is 24.3 Å². The third kappa shape index (κ3) is 4.45. The summed E-state index contributed by atoms with van der Waals surface area (Å²) in [5.41, 5.74) is 0.753. The first kappa shape index (κ1) is 20.6. The minimum atomic E-state index is -1.55. The van der Waals surface area contributed by atoms with Crippen LogP contribution in [-0.2, 0) is 19.1 Å². The summed E-state index contributed by atoms with van der Waals surface area (Å²) in [4.78, 5) is 25.5. The van der Waals surface area contributed by atoms with Gasteiger partial charge in [-0.15, -0.1) is 0 Å². The summed E-state index contributed by atoms with van der Waals surface area (Å²) in [5, 5.41) is 18.3. The molecule has 0 spiro atoms. The van der Waals surface area contributed by atoms with Gasteiger partial charge in [0.05, 0.1) is 18.9 Å². The molecular weight excluding hydrogens is 366 g/mol. The summed E-state index contributed by atoms with van der Waals surface area (Å²) in [6.45, 7) is 2.56. The Morgan fingerprint density at radius 1 is 1.21 bits per heavy atom. The SMILES string of the molecule is CC1(C(=O)O)OCC(CCCCN2C(=O)C(CCO)Oc3ccccc32)CO1. The van der Waals surface area contributed by atoms with Crippen LogP contribution in [0.2, 0.25) is 0 Å². The summed E-state index contributed by atoms with van der Waals surface area (Å²) in [6.07, 6.45) is 2.09. The number of anilines is 1. The molecule has 0 radical (unpaired) electrons. The van der Waals surface area contributed by atoms with Crippen LogP contribution < -0.4 is 9.64 Å². The number of para-hydroxylation sites is 2. The Bertz CT molecular complexity index is 700. The van der Waals surface area contributed by atoms with Crippen LogP contribution in [-0.4, -0.2) is 60.3 Å². The maximum atomic E-state index is 12.7. The van der Waals surface area contributed by atoms with Crippen LogP contribution in [0.25, 0.3) is 0 Å². The van der Waals surface area contributed by atoms with Crippen molar-refractivity contribution in [3.05, 3.63) is 24.3 Å². The number of carbonyl (C=O) groups is 2. The zero-order chi connectivity index (χ0) is 20.1. The number of rotatable bonds is 8. The number of benzene rings is 1. The molecule has 1 unspecified atom stereocenters. The molecule has 8 nitrogen and oxygen atoms in total. The number of hydrogen-bond donors (Lipinski definition) is 2. The maximum absolute atomic E-state index is 12.7. The zero-order valence-corrected chi connectivity index (χ0v) is 16.0. The lowest BCUT2D eigenvalue weighted by Crippen LogP contribution is -2.48. The monoisotopic (exact) mass is 393 g/mol. The average molecular weight is 393 g/mol. The van der Waals surface area contributed by atoms with Gasteiger partial charge in [-0.25, -0.2) is 4.79 Å². The predicted molar refractivity (Wildman–Crippen MR) is 100 cm³/mol. The predicted octanol–water partition coefficient (Wildman–Crippen LogP) is 1.80. The highest BCUT2D eigenvalue weighted by Gasteiger charge is 2.40. The fourth-order valence-electron chi connectivity index (χ4n) is 3.44. The Labute approximate surface area is 164 Å². The third-order valence-electron chi connectivity index (χ3n) is 5.18. The van der Waals surface area contributed by atoms with Crippen LogP contribution in [0, 0.1) is 5.92 Å². The second kappa shape index (κ2) is 8.89.